The number of amides is 1. The van der Waals surface area contributed by atoms with Gasteiger partial charge in [0, 0.05) is 23.4 Å². The molecule has 0 saturated carbocycles. The van der Waals surface area contributed by atoms with E-state index in [2.05, 4.69) is 15.4 Å². The van der Waals surface area contributed by atoms with Gasteiger partial charge in [-0.3, -0.25) is 14.9 Å². The molecule has 0 fully saturated rings. The number of nitrogens with one attached hydrogen (secondary N) is 1. The molecule has 2 heterocycles. The molecule has 0 unspecified atom stereocenters. The first-order valence-electron chi connectivity index (χ1n) is 9.74. The smallest absolute Gasteiger partial charge is 0.336 e. The molecule has 10 heteroatoms. The van der Waals surface area contributed by atoms with Crippen molar-refractivity contribution in [2.75, 3.05) is 5.32 Å². The summed E-state index contributed by atoms with van der Waals surface area (Å²) >= 11 is 1.54. The van der Waals surface area contributed by atoms with Crippen LogP contribution in [0.3, 0.4) is 0 Å². The molecule has 0 radical (unpaired) electrons. The predicted octanol–water partition coefficient (Wildman–Crippen LogP) is 4.94. The highest BCUT2D eigenvalue weighted by Gasteiger charge is 2.17. The maximum absolute atomic E-state index is 12.6. The van der Waals surface area contributed by atoms with Crippen LogP contribution in [0.4, 0.5) is 11.4 Å². The third-order valence-corrected chi connectivity index (χ3v) is 5.23. The van der Waals surface area contributed by atoms with Crippen molar-refractivity contribution >= 4 is 28.6 Å². The second-order valence-electron chi connectivity index (χ2n) is 7.08. The summed E-state index contributed by atoms with van der Waals surface area (Å²) in [6, 6.07) is 16.7. The molecule has 0 aliphatic rings. The largest absolute Gasteiger partial charge is 0.460 e. The van der Waals surface area contributed by atoms with E-state index in [4.69, 9.17) is 4.74 Å². The van der Waals surface area contributed by atoms with Gasteiger partial charge in [0.25, 0.3) is 11.6 Å². The Morgan fingerprint density at radius 1 is 1.16 bits per heavy atom. The van der Waals surface area contributed by atoms with E-state index in [1.54, 1.807) is 22.9 Å². The van der Waals surface area contributed by atoms with Gasteiger partial charge in [0.15, 0.2) is 5.82 Å². The second kappa shape index (κ2) is 8.98. The Kier molecular flexibility index (Phi) is 5.95. The summed E-state index contributed by atoms with van der Waals surface area (Å²) in [4.78, 5) is 28.3. The second-order valence-corrected chi connectivity index (χ2v) is 8.03. The van der Waals surface area contributed by atoms with Crippen LogP contribution in [-0.2, 0) is 0 Å². The van der Waals surface area contributed by atoms with Crippen LogP contribution in [0.5, 0.6) is 6.01 Å². The number of carbonyl (C=O) groups is 1. The zero-order valence-electron chi connectivity index (χ0n) is 17.3. The van der Waals surface area contributed by atoms with E-state index >= 15 is 0 Å². The summed E-state index contributed by atoms with van der Waals surface area (Å²) in [5.74, 6) is 0.257. The third kappa shape index (κ3) is 4.65. The first kappa shape index (κ1) is 21.2. The quantitative estimate of drug-likeness (QED) is 0.316. The van der Waals surface area contributed by atoms with Gasteiger partial charge in [0.1, 0.15) is 0 Å². The predicted molar refractivity (Wildman–Crippen MR) is 121 cm³/mol. The first-order chi connectivity index (χ1) is 15.4. The van der Waals surface area contributed by atoms with Gasteiger partial charge in [-0.15, -0.1) is 16.4 Å². The molecule has 0 spiro atoms. The topological polar surface area (TPSA) is 112 Å². The van der Waals surface area contributed by atoms with Gasteiger partial charge in [-0.1, -0.05) is 12.1 Å². The molecule has 0 aliphatic carbocycles. The number of non-ortho nitro benzene ring substituents is 1. The molecule has 162 valence electrons. The van der Waals surface area contributed by atoms with Crippen LogP contribution >= 0.6 is 11.3 Å². The highest BCUT2D eigenvalue weighted by Crippen LogP contribution is 2.28. The molecular formula is C22H19N5O4S. The van der Waals surface area contributed by atoms with E-state index < -0.39 is 4.92 Å². The van der Waals surface area contributed by atoms with Crippen LogP contribution in [0, 0.1) is 10.1 Å². The van der Waals surface area contributed by atoms with Crippen molar-refractivity contribution in [2.45, 2.75) is 20.0 Å². The van der Waals surface area contributed by atoms with E-state index in [1.165, 1.54) is 35.6 Å². The first-order valence-corrected chi connectivity index (χ1v) is 10.6. The number of thiophene rings is 1. The Morgan fingerprint density at radius 2 is 1.94 bits per heavy atom. The van der Waals surface area contributed by atoms with Crippen LogP contribution in [0.2, 0.25) is 0 Å². The molecule has 9 nitrogen and oxygen atoms in total. The minimum Gasteiger partial charge on any atom is -0.460 e. The van der Waals surface area contributed by atoms with E-state index in [0.29, 0.717) is 22.8 Å². The fourth-order valence-electron chi connectivity index (χ4n) is 2.95. The van der Waals surface area contributed by atoms with Crippen LogP contribution < -0.4 is 10.1 Å². The third-order valence-electron chi connectivity index (χ3n) is 4.36. The van der Waals surface area contributed by atoms with Gasteiger partial charge in [0.2, 0.25) is 0 Å². The zero-order chi connectivity index (χ0) is 22.7. The molecule has 0 aliphatic heterocycles. The number of carbonyl (C=O) groups excluding carboxylic acids is 1. The number of aromatic nitrogens is 3. The van der Waals surface area contributed by atoms with Crippen molar-refractivity contribution in [2.24, 2.45) is 0 Å². The lowest BCUT2D eigenvalue weighted by atomic mass is 10.2. The molecule has 2 aromatic heterocycles. The van der Waals surface area contributed by atoms with Crippen LogP contribution in [0.25, 0.3) is 16.4 Å². The summed E-state index contributed by atoms with van der Waals surface area (Å²) in [6.45, 7) is 3.81. The number of hydrogen-bond acceptors (Lipinski definition) is 7. The van der Waals surface area contributed by atoms with E-state index in [0.717, 1.165) is 4.88 Å². The van der Waals surface area contributed by atoms with Crippen LogP contribution in [-0.4, -0.2) is 31.7 Å². The van der Waals surface area contributed by atoms with E-state index in [9.17, 15) is 14.9 Å². The fraction of sp³-hybridized carbons (Fsp3) is 0.136. The Balaban J connectivity index is 1.62. The number of hydrogen-bond donors (Lipinski definition) is 1. The average molecular weight is 449 g/mol. The van der Waals surface area contributed by atoms with Crippen LogP contribution in [0.1, 0.15) is 24.2 Å². The monoisotopic (exact) mass is 449 g/mol. The Hall–Kier alpha value is -4.05. The summed E-state index contributed by atoms with van der Waals surface area (Å²) in [5.41, 5.74) is 1.48. The number of nitro groups is 1. The normalized spacial score (nSPS) is 10.8. The molecule has 4 aromatic rings. The number of nitro benzene ring substituents is 1. The zero-order valence-corrected chi connectivity index (χ0v) is 18.1. The summed E-state index contributed by atoms with van der Waals surface area (Å²) in [7, 11) is 0. The van der Waals surface area contributed by atoms with Crippen molar-refractivity contribution in [1.82, 2.24) is 14.8 Å². The highest BCUT2D eigenvalue weighted by molar-refractivity contribution is 7.13. The molecule has 1 N–H and O–H groups in total. The minimum absolute atomic E-state index is 0.0738. The molecular weight excluding hydrogens is 430 g/mol. The Morgan fingerprint density at radius 3 is 2.59 bits per heavy atom. The Labute approximate surface area is 187 Å². The number of rotatable bonds is 7. The lowest BCUT2D eigenvalue weighted by Crippen LogP contribution is -2.12. The van der Waals surface area contributed by atoms with Crippen molar-refractivity contribution in [3.8, 4) is 22.4 Å². The molecule has 2 aromatic carbocycles. The van der Waals surface area contributed by atoms with Gasteiger partial charge < -0.3 is 10.1 Å². The number of anilines is 1. The van der Waals surface area contributed by atoms with E-state index in [-0.39, 0.29) is 23.7 Å². The van der Waals surface area contributed by atoms with Crippen molar-refractivity contribution in [1.29, 1.82) is 0 Å². The van der Waals surface area contributed by atoms with Gasteiger partial charge in [-0.25, -0.2) is 4.68 Å². The molecule has 0 atom stereocenters. The highest BCUT2D eigenvalue weighted by atomic mass is 32.1. The summed E-state index contributed by atoms with van der Waals surface area (Å²) < 4.78 is 7.35. The molecule has 0 saturated heterocycles. The molecule has 4 rings (SSSR count). The average Bonchev–Trinajstić information content (AvgIpc) is 3.43. The number of benzene rings is 2. The van der Waals surface area contributed by atoms with Gasteiger partial charge in [-0.2, -0.15) is 4.98 Å². The van der Waals surface area contributed by atoms with Crippen molar-refractivity contribution in [3.05, 3.63) is 81.7 Å². The fourth-order valence-corrected chi connectivity index (χ4v) is 3.65. The minimum atomic E-state index is -0.508. The molecule has 1 amide bonds. The lowest BCUT2D eigenvalue weighted by molar-refractivity contribution is -0.384. The van der Waals surface area contributed by atoms with Crippen molar-refractivity contribution < 1.29 is 14.5 Å². The summed E-state index contributed by atoms with van der Waals surface area (Å²) in [5, 5.41) is 20.1. The van der Waals surface area contributed by atoms with E-state index in [1.807, 2.05) is 37.4 Å². The van der Waals surface area contributed by atoms with Crippen LogP contribution in [0.15, 0.2) is 66.0 Å². The van der Waals surface area contributed by atoms with Crippen molar-refractivity contribution in [3.63, 3.8) is 0 Å². The van der Waals surface area contributed by atoms with Gasteiger partial charge >= 0.3 is 6.01 Å². The number of nitrogens with zero attached hydrogens (tertiary/aromatic N) is 4. The lowest BCUT2D eigenvalue weighted by Gasteiger charge is -2.09. The number of ether oxygens (including phenoxy) is 1. The van der Waals surface area contributed by atoms with Gasteiger partial charge in [0.05, 0.1) is 21.6 Å². The standard InChI is InChI=1S/C22H19N5O4S/c1-14(2)31-22-24-20(19-7-4-12-32-19)26(25-22)18-6-3-5-16(13-18)23-21(28)15-8-10-17(11-9-15)27(29)30/h3-14H,1-2H3,(H,23,28). The Bertz CT molecular complexity index is 1250. The molecule has 0 bridgehead atoms. The SMILES string of the molecule is CC(C)Oc1nc(-c2cccs2)n(-c2cccc(NC(=O)c3ccc([N+](=O)[O-])cc3)c2)n1. The summed E-state index contributed by atoms with van der Waals surface area (Å²) in [6.07, 6.45) is -0.0747. The molecule has 32 heavy (non-hydrogen) atoms. The maximum atomic E-state index is 12.6. The van der Waals surface area contributed by atoms with Gasteiger partial charge in [-0.05, 0) is 55.6 Å². The maximum Gasteiger partial charge on any atom is 0.336 e.